The SMILES string of the molecule is Fc1cc(Br)c(-c2cc(F)c(F)cc2Br)cc1F. The molecule has 0 saturated heterocycles. The van der Waals surface area contributed by atoms with Gasteiger partial charge in [-0.3, -0.25) is 0 Å². The van der Waals surface area contributed by atoms with Gasteiger partial charge in [-0.15, -0.1) is 0 Å². The van der Waals surface area contributed by atoms with E-state index < -0.39 is 23.3 Å². The van der Waals surface area contributed by atoms with Crippen molar-refractivity contribution >= 4 is 31.9 Å². The molecule has 18 heavy (non-hydrogen) atoms. The zero-order chi connectivity index (χ0) is 13.4. The molecule has 0 spiro atoms. The predicted molar refractivity (Wildman–Crippen MR) is 67.1 cm³/mol. The van der Waals surface area contributed by atoms with Crippen LogP contribution in [0, 0.1) is 23.3 Å². The van der Waals surface area contributed by atoms with Crippen LogP contribution in [0.2, 0.25) is 0 Å². The first-order chi connectivity index (χ1) is 8.40. The van der Waals surface area contributed by atoms with Gasteiger partial charge in [-0.1, -0.05) is 31.9 Å². The molecule has 0 nitrogen and oxygen atoms in total. The third-order valence-corrected chi connectivity index (χ3v) is 3.62. The van der Waals surface area contributed by atoms with E-state index >= 15 is 0 Å². The smallest absolute Gasteiger partial charge is 0.159 e. The summed E-state index contributed by atoms with van der Waals surface area (Å²) in [4.78, 5) is 0. The number of benzene rings is 2. The Labute approximate surface area is 117 Å². The molecule has 0 unspecified atom stereocenters. The van der Waals surface area contributed by atoms with Crippen LogP contribution in [0.5, 0.6) is 0 Å². The summed E-state index contributed by atoms with van der Waals surface area (Å²) in [6.45, 7) is 0. The van der Waals surface area contributed by atoms with Gasteiger partial charge in [0.05, 0.1) is 0 Å². The molecule has 0 amide bonds. The van der Waals surface area contributed by atoms with Gasteiger partial charge in [0.2, 0.25) is 0 Å². The van der Waals surface area contributed by atoms with Gasteiger partial charge in [-0.25, -0.2) is 17.6 Å². The number of halogens is 6. The Kier molecular flexibility index (Phi) is 3.77. The first kappa shape index (κ1) is 13.5. The molecule has 0 aliphatic carbocycles. The van der Waals surface area contributed by atoms with Crippen LogP contribution in [-0.4, -0.2) is 0 Å². The highest BCUT2D eigenvalue weighted by atomic mass is 79.9. The molecule has 94 valence electrons. The van der Waals surface area contributed by atoms with Gasteiger partial charge in [-0.2, -0.15) is 0 Å². The number of rotatable bonds is 1. The Balaban J connectivity index is 2.69. The second kappa shape index (κ2) is 5.01. The molecule has 0 fully saturated rings. The van der Waals surface area contributed by atoms with E-state index in [1.807, 2.05) is 0 Å². The van der Waals surface area contributed by atoms with Crippen molar-refractivity contribution in [3.8, 4) is 11.1 Å². The molecular weight excluding hydrogens is 380 g/mol. The van der Waals surface area contributed by atoms with Crippen molar-refractivity contribution in [3.63, 3.8) is 0 Å². The summed E-state index contributed by atoms with van der Waals surface area (Å²) in [7, 11) is 0. The predicted octanol–water partition coefficient (Wildman–Crippen LogP) is 5.44. The average molecular weight is 384 g/mol. The molecular formula is C12H4Br2F4. The van der Waals surface area contributed by atoms with Crippen LogP contribution in [0.15, 0.2) is 33.2 Å². The Morgan fingerprint density at radius 2 is 0.833 bits per heavy atom. The van der Waals surface area contributed by atoms with Crippen LogP contribution < -0.4 is 0 Å². The fourth-order valence-electron chi connectivity index (χ4n) is 1.46. The minimum atomic E-state index is -1.06. The van der Waals surface area contributed by atoms with E-state index in [4.69, 9.17) is 0 Å². The molecule has 0 atom stereocenters. The van der Waals surface area contributed by atoms with Crippen molar-refractivity contribution in [1.82, 2.24) is 0 Å². The third-order valence-electron chi connectivity index (χ3n) is 2.31. The van der Waals surface area contributed by atoms with Crippen LogP contribution in [0.1, 0.15) is 0 Å². The topological polar surface area (TPSA) is 0 Å². The van der Waals surface area contributed by atoms with Gasteiger partial charge in [0, 0.05) is 20.1 Å². The summed E-state index contributed by atoms with van der Waals surface area (Å²) in [5.74, 6) is -4.18. The highest BCUT2D eigenvalue weighted by Gasteiger charge is 2.15. The fourth-order valence-corrected chi connectivity index (χ4v) is 2.52. The molecule has 0 heterocycles. The van der Waals surface area contributed by atoms with Crippen LogP contribution >= 0.6 is 31.9 Å². The summed E-state index contributed by atoms with van der Waals surface area (Å²) in [6.07, 6.45) is 0. The molecule has 0 aliphatic rings. The molecule has 6 heteroatoms. The number of hydrogen-bond acceptors (Lipinski definition) is 0. The molecule has 0 aromatic heterocycles. The van der Waals surface area contributed by atoms with E-state index in [1.54, 1.807) is 0 Å². The van der Waals surface area contributed by atoms with Crippen molar-refractivity contribution in [3.05, 3.63) is 56.5 Å². The second-order valence-electron chi connectivity index (χ2n) is 3.49. The summed E-state index contributed by atoms with van der Waals surface area (Å²) < 4.78 is 52.8. The van der Waals surface area contributed by atoms with E-state index in [-0.39, 0.29) is 20.1 Å². The van der Waals surface area contributed by atoms with Crippen molar-refractivity contribution in [2.45, 2.75) is 0 Å². The lowest BCUT2D eigenvalue weighted by molar-refractivity contribution is 0.506. The highest BCUT2D eigenvalue weighted by molar-refractivity contribution is 9.11. The zero-order valence-corrected chi connectivity index (χ0v) is 11.7. The third kappa shape index (κ3) is 2.44. The van der Waals surface area contributed by atoms with Crippen LogP contribution in [-0.2, 0) is 0 Å². The van der Waals surface area contributed by atoms with Gasteiger partial charge in [-0.05, 0) is 24.3 Å². The average Bonchev–Trinajstić information content (AvgIpc) is 2.29. The van der Waals surface area contributed by atoms with E-state index in [9.17, 15) is 17.6 Å². The molecule has 2 aromatic rings. The van der Waals surface area contributed by atoms with E-state index in [0.717, 1.165) is 24.3 Å². The quantitative estimate of drug-likeness (QED) is 0.454. The van der Waals surface area contributed by atoms with Crippen LogP contribution in [0.4, 0.5) is 17.6 Å². The summed E-state index contributed by atoms with van der Waals surface area (Å²) in [6, 6.07) is 3.68. The normalized spacial score (nSPS) is 10.8. The lowest BCUT2D eigenvalue weighted by Crippen LogP contribution is -1.92. The molecule has 2 rings (SSSR count). The minimum absolute atomic E-state index is 0.222. The molecule has 0 aliphatic heterocycles. The molecule has 0 bridgehead atoms. The second-order valence-corrected chi connectivity index (χ2v) is 5.20. The van der Waals surface area contributed by atoms with Crippen LogP contribution in [0.3, 0.4) is 0 Å². The van der Waals surface area contributed by atoms with Crippen molar-refractivity contribution in [2.75, 3.05) is 0 Å². The Bertz CT molecular complexity index is 570. The van der Waals surface area contributed by atoms with Crippen molar-refractivity contribution < 1.29 is 17.6 Å². The maximum atomic E-state index is 13.2. The Morgan fingerprint density at radius 1 is 0.556 bits per heavy atom. The van der Waals surface area contributed by atoms with Gasteiger partial charge in [0.1, 0.15) is 0 Å². The first-order valence-corrected chi connectivity index (χ1v) is 6.28. The summed E-state index contributed by atoms with van der Waals surface area (Å²) >= 11 is 6.10. The number of hydrogen-bond donors (Lipinski definition) is 0. The fraction of sp³-hybridized carbons (Fsp3) is 0. The lowest BCUT2D eigenvalue weighted by atomic mass is 10.1. The monoisotopic (exact) mass is 382 g/mol. The molecule has 0 radical (unpaired) electrons. The maximum Gasteiger partial charge on any atom is 0.159 e. The molecule has 0 N–H and O–H groups in total. The van der Waals surface area contributed by atoms with Gasteiger partial charge in [0.25, 0.3) is 0 Å². The lowest BCUT2D eigenvalue weighted by Gasteiger charge is -2.09. The standard InChI is InChI=1S/C12H4Br2F4/c13-7-3-11(17)9(15)1-5(7)6-2-10(16)12(18)4-8(6)14/h1-4H. The molecule has 0 saturated carbocycles. The van der Waals surface area contributed by atoms with Gasteiger partial charge >= 0.3 is 0 Å². The molecule has 2 aromatic carbocycles. The zero-order valence-electron chi connectivity index (χ0n) is 8.58. The Hall–Kier alpha value is -0.880. The van der Waals surface area contributed by atoms with Crippen LogP contribution in [0.25, 0.3) is 11.1 Å². The highest BCUT2D eigenvalue weighted by Crippen LogP contribution is 2.36. The summed E-state index contributed by atoms with van der Waals surface area (Å²) in [5, 5.41) is 0. The minimum Gasteiger partial charge on any atom is -0.204 e. The van der Waals surface area contributed by atoms with Gasteiger partial charge < -0.3 is 0 Å². The van der Waals surface area contributed by atoms with Gasteiger partial charge in [0.15, 0.2) is 23.3 Å². The van der Waals surface area contributed by atoms with E-state index in [2.05, 4.69) is 31.9 Å². The van der Waals surface area contributed by atoms with E-state index in [1.165, 1.54) is 0 Å². The maximum absolute atomic E-state index is 13.2. The van der Waals surface area contributed by atoms with E-state index in [0.29, 0.717) is 0 Å². The van der Waals surface area contributed by atoms with Crippen molar-refractivity contribution in [2.24, 2.45) is 0 Å². The first-order valence-electron chi connectivity index (χ1n) is 4.69. The Morgan fingerprint density at radius 3 is 1.17 bits per heavy atom. The van der Waals surface area contributed by atoms with Crippen molar-refractivity contribution in [1.29, 1.82) is 0 Å². The summed E-state index contributed by atoms with van der Waals surface area (Å²) in [5.41, 5.74) is 0.444. The largest absolute Gasteiger partial charge is 0.204 e.